The standard InChI is InChI=1S/C70H140N14O28/c1-78(2)22-15-71-29-36-57-43(85)50(92)64(99-36)107-58-37(30-72-16-23-79(3)4)101-66(52(94)45(58)87)109-60-39(32-74-18-25-81(7)8)103-68(54(96)47(60)89)111-62-41(34-76-20-27-83(11)12)105-70(56(98)49(62)91)112-63-42(35-77-21-28-84(13)14)104-69(55(97)48(63)90)110-61-40(33-75-19-26-82(9)10)102-67(53(95)46(61)88)108-59-38(31-73-17-24-80(5)6)100-65(106-57)51(93)44(59)86/h36-77,85-98H,15-35H2,1-14H3/t36-,37-,38-,39-,40+,41+,42+,43-,44-,45+,46-,47-,48-,49-,50+,51+,52+,53-,54-,55-,56-,57-,58-,59-,60-,61-,62-,63-,64-,65-,66-,67-,68-,69-,70-/m1/s1. The average Bonchev–Trinajstić information content (AvgIpc) is 0.778. The smallest absolute Gasteiger partial charge is 0.187 e. The Kier molecular flexibility index (Phi) is 39.7. The highest BCUT2D eigenvalue weighted by atomic mass is 16.8. The first kappa shape index (κ1) is 95.8. The van der Waals surface area contributed by atoms with Crippen molar-refractivity contribution in [3.05, 3.63) is 0 Å². The quantitative estimate of drug-likeness (QED) is 0.0262. The molecule has 0 amide bonds. The van der Waals surface area contributed by atoms with E-state index in [0.717, 1.165) is 0 Å². The highest BCUT2D eigenvalue weighted by Crippen LogP contribution is 2.39. The number of hydrogen-bond donors (Lipinski definition) is 21. The van der Waals surface area contributed by atoms with E-state index in [2.05, 4.69) is 37.2 Å². The summed E-state index contributed by atoms with van der Waals surface area (Å²) in [5.41, 5.74) is 0. The molecule has 21 aliphatic rings. The molecule has 0 aliphatic carbocycles. The molecule has 42 nitrogen and oxygen atoms in total. The second-order valence-electron chi connectivity index (χ2n) is 32.4. The molecule has 21 N–H and O–H groups in total. The molecule has 21 heterocycles. The fourth-order valence-corrected chi connectivity index (χ4v) is 14.4. The number of nitrogens with zero attached hydrogens (tertiary/aromatic N) is 7. The van der Waals surface area contributed by atoms with E-state index in [1.165, 1.54) is 0 Å². The maximum Gasteiger partial charge on any atom is 0.187 e. The van der Waals surface area contributed by atoms with E-state index in [-0.39, 0.29) is 45.8 Å². The van der Waals surface area contributed by atoms with Gasteiger partial charge in [-0.25, -0.2) is 0 Å². The van der Waals surface area contributed by atoms with Crippen molar-refractivity contribution in [2.24, 2.45) is 0 Å². The van der Waals surface area contributed by atoms with Crippen LogP contribution >= 0.6 is 0 Å². The summed E-state index contributed by atoms with van der Waals surface area (Å²) in [6.07, 6.45) is -60.8. The summed E-state index contributed by atoms with van der Waals surface area (Å²) in [5, 5.41) is 195. The maximum atomic E-state index is 12.4. The normalized spacial score (nSPS) is 42.2. The molecule has 112 heavy (non-hydrogen) atoms. The Labute approximate surface area is 658 Å². The summed E-state index contributed by atoms with van der Waals surface area (Å²) in [4.78, 5) is 13.4. The molecule has 21 saturated heterocycles. The van der Waals surface area contributed by atoms with Crippen LogP contribution in [0.15, 0.2) is 0 Å². The Morgan fingerprint density at radius 1 is 0.170 bits per heavy atom. The lowest BCUT2D eigenvalue weighted by Crippen LogP contribution is -2.69. The summed E-state index contributed by atoms with van der Waals surface area (Å²) in [5.74, 6) is 0. The highest BCUT2D eigenvalue weighted by molar-refractivity contribution is 5.03. The molecule has 0 aromatic carbocycles. The molecule has 21 rings (SSSR count). The predicted octanol–water partition coefficient (Wildman–Crippen LogP) is -14.1. The SMILES string of the molecule is CN(C)CCNC[C@@H]1O[C@@H]2O[C@H]3[C@H](O)[C@@H](O)[C@@H](O[C@H]4[C@H](O)[C@H](O)[C@@H](O[C@H]5[C@H](O)[C@H](O)[C@@H](O[C@H]6[C@@H](O)[C@H](O)[C@@H](O[C@H]7[C@H](O)[C@@H](O)[C@@H](O[C@H]8[C@H](O)[C@@H](O)[C@@H](O[C@H]1[C@H](O)[C@H]2O)O[C@H]8CNCCN(C)C)O[C@@H]7CNCCN(C)C)O[C@@H]6CNCCN(C)C)O[C@@H]5CNCCN(C)C)O[C@@H]4CNCCN(C)C)O[C@H]3CNCCN(C)C. The van der Waals surface area contributed by atoms with E-state index >= 15 is 0 Å². The number of rotatable bonds is 35. The first-order valence-corrected chi connectivity index (χ1v) is 39.3. The van der Waals surface area contributed by atoms with Gasteiger partial charge in [0, 0.05) is 137 Å². The number of aliphatic hydroxyl groups is 14. The van der Waals surface area contributed by atoms with Crippen LogP contribution in [0.3, 0.4) is 0 Å². The molecule has 658 valence electrons. The topological polar surface area (TPSA) is 519 Å². The first-order valence-electron chi connectivity index (χ1n) is 39.3. The minimum atomic E-state index is -2.03. The van der Waals surface area contributed by atoms with Crippen molar-refractivity contribution in [1.82, 2.24) is 71.5 Å². The number of likely N-dealkylation sites (N-methyl/N-ethyl adjacent to an activating group) is 7. The van der Waals surface area contributed by atoms with Crippen molar-refractivity contribution in [1.29, 1.82) is 0 Å². The molecule has 0 spiro atoms. The third-order valence-electron chi connectivity index (χ3n) is 21.1. The van der Waals surface area contributed by atoms with Crippen LogP contribution < -0.4 is 37.2 Å². The van der Waals surface area contributed by atoms with Crippen LogP contribution in [0.4, 0.5) is 0 Å². The Morgan fingerprint density at radius 2 is 0.277 bits per heavy atom. The molecule has 0 unspecified atom stereocenters. The lowest BCUT2D eigenvalue weighted by atomic mass is 9.94. The van der Waals surface area contributed by atoms with Gasteiger partial charge in [0.25, 0.3) is 0 Å². The summed E-state index contributed by atoms with van der Waals surface area (Å²) in [6, 6.07) is 0. The number of aliphatic hydroxyl groups excluding tert-OH is 14. The summed E-state index contributed by atoms with van der Waals surface area (Å²) >= 11 is 0. The molecular formula is C70H140N14O28. The van der Waals surface area contributed by atoms with Crippen molar-refractivity contribution < 1.29 is 138 Å². The van der Waals surface area contributed by atoms with Crippen molar-refractivity contribution in [2.75, 3.05) is 236 Å². The van der Waals surface area contributed by atoms with Crippen molar-refractivity contribution in [2.45, 2.75) is 215 Å². The van der Waals surface area contributed by atoms with Gasteiger partial charge in [0.15, 0.2) is 44.0 Å². The highest BCUT2D eigenvalue weighted by Gasteiger charge is 2.60. The molecular weight excluding hydrogens is 1480 g/mol. The van der Waals surface area contributed by atoms with Gasteiger partial charge in [0.1, 0.15) is 171 Å². The maximum absolute atomic E-state index is 12.4. The molecule has 21 aliphatic heterocycles. The van der Waals surface area contributed by atoms with Crippen molar-refractivity contribution >= 4 is 0 Å². The van der Waals surface area contributed by atoms with E-state index in [0.29, 0.717) is 91.6 Å². The van der Waals surface area contributed by atoms with Crippen LogP contribution in [0.25, 0.3) is 0 Å². The number of ether oxygens (including phenoxy) is 14. The molecule has 0 saturated carbocycles. The van der Waals surface area contributed by atoms with Crippen LogP contribution in [0, 0.1) is 0 Å². The summed E-state index contributed by atoms with van der Waals surface area (Å²) in [6.45, 7) is 5.42. The van der Waals surface area contributed by atoms with Gasteiger partial charge in [-0.3, -0.25) is 0 Å². The van der Waals surface area contributed by atoms with Gasteiger partial charge < -0.3 is 209 Å². The predicted molar refractivity (Wildman–Crippen MR) is 399 cm³/mol. The van der Waals surface area contributed by atoms with Crippen LogP contribution in [0.2, 0.25) is 0 Å². The van der Waals surface area contributed by atoms with Crippen LogP contribution in [0.5, 0.6) is 0 Å². The first-order chi connectivity index (χ1) is 53.1. The van der Waals surface area contributed by atoms with E-state index in [1.54, 1.807) is 0 Å². The lowest BCUT2D eigenvalue weighted by Gasteiger charge is -2.50. The third kappa shape index (κ3) is 26.9. The Morgan fingerprint density at radius 3 is 0.375 bits per heavy atom. The zero-order chi connectivity index (χ0) is 81.9. The van der Waals surface area contributed by atoms with Gasteiger partial charge in [-0.15, -0.1) is 0 Å². The molecule has 0 aromatic rings. The summed E-state index contributed by atoms with van der Waals surface area (Å²) < 4.78 is 91.1. The number of nitrogens with one attached hydrogen (secondary N) is 7. The minimum absolute atomic E-state index is 0.112. The van der Waals surface area contributed by atoms with Gasteiger partial charge in [-0.05, 0) is 98.7 Å². The molecule has 14 bridgehead atoms. The second-order valence-corrected chi connectivity index (χ2v) is 32.4. The Balaban J connectivity index is 1.21. The monoisotopic (exact) mass is 1620 g/mol. The molecule has 35 atom stereocenters. The van der Waals surface area contributed by atoms with E-state index in [9.17, 15) is 71.5 Å². The zero-order valence-corrected chi connectivity index (χ0v) is 67.7. The average molecular weight is 1630 g/mol. The number of hydrogen-bond acceptors (Lipinski definition) is 42. The lowest BCUT2D eigenvalue weighted by molar-refractivity contribution is -0.392. The van der Waals surface area contributed by atoms with Crippen LogP contribution in [0.1, 0.15) is 0 Å². The third-order valence-corrected chi connectivity index (χ3v) is 21.1. The van der Waals surface area contributed by atoms with Crippen molar-refractivity contribution in [3.63, 3.8) is 0 Å². The van der Waals surface area contributed by atoms with Gasteiger partial charge in [-0.1, -0.05) is 0 Å². The van der Waals surface area contributed by atoms with E-state index in [4.69, 9.17) is 66.3 Å². The molecule has 0 radical (unpaired) electrons. The van der Waals surface area contributed by atoms with Gasteiger partial charge in [0.2, 0.25) is 0 Å². The minimum Gasteiger partial charge on any atom is -0.387 e. The molecule has 21 fully saturated rings. The second kappa shape index (κ2) is 46.4. The fourth-order valence-electron chi connectivity index (χ4n) is 14.4. The van der Waals surface area contributed by atoms with E-state index < -0.39 is 215 Å². The van der Waals surface area contributed by atoms with Crippen molar-refractivity contribution in [3.8, 4) is 0 Å². The molecule has 0 aromatic heterocycles. The largest absolute Gasteiger partial charge is 0.387 e. The fraction of sp³-hybridized carbons (Fsp3) is 1.00. The van der Waals surface area contributed by atoms with Crippen LogP contribution in [-0.2, 0) is 66.3 Å². The van der Waals surface area contributed by atoms with E-state index in [1.807, 2.05) is 133 Å². The Hall–Kier alpha value is -1.68. The van der Waals surface area contributed by atoms with Gasteiger partial charge in [-0.2, -0.15) is 0 Å². The summed E-state index contributed by atoms with van der Waals surface area (Å²) in [7, 11) is 26.1. The zero-order valence-electron chi connectivity index (χ0n) is 67.7. The van der Waals surface area contributed by atoms with Crippen LogP contribution in [-0.4, -0.2) is 557 Å². The van der Waals surface area contributed by atoms with Gasteiger partial charge >= 0.3 is 0 Å². The Bertz CT molecular complexity index is 2140. The van der Waals surface area contributed by atoms with Gasteiger partial charge in [0.05, 0.1) is 0 Å². The molecule has 42 heteroatoms.